The van der Waals surface area contributed by atoms with Gasteiger partial charge in [0, 0.05) is 17.5 Å². The lowest BCUT2D eigenvalue weighted by atomic mass is 9.92. The van der Waals surface area contributed by atoms with Crippen LogP contribution in [0.2, 0.25) is 0 Å². The van der Waals surface area contributed by atoms with E-state index in [1.807, 2.05) is 24.3 Å². The Balaban J connectivity index is 1.62. The molecule has 1 aliphatic heterocycles. The zero-order valence-corrected chi connectivity index (χ0v) is 19.8. The van der Waals surface area contributed by atoms with E-state index in [9.17, 15) is 0 Å². The van der Waals surface area contributed by atoms with Crippen LogP contribution >= 0.6 is 8.60 Å². The third-order valence-electron chi connectivity index (χ3n) is 6.23. The van der Waals surface area contributed by atoms with Crippen molar-refractivity contribution < 1.29 is 13.6 Å². The van der Waals surface area contributed by atoms with Crippen LogP contribution in [0.1, 0.15) is 40.3 Å². The quantitative estimate of drug-likeness (QED) is 0.301. The summed E-state index contributed by atoms with van der Waals surface area (Å²) < 4.78 is 19.4. The molecule has 32 heavy (non-hydrogen) atoms. The van der Waals surface area contributed by atoms with Crippen molar-refractivity contribution in [1.29, 1.82) is 0 Å². The normalized spacial score (nSPS) is 15.1. The van der Waals surface area contributed by atoms with E-state index < -0.39 is 8.60 Å². The monoisotopic (exact) mass is 442 g/mol. The highest BCUT2D eigenvalue weighted by Crippen LogP contribution is 2.50. The van der Waals surface area contributed by atoms with Gasteiger partial charge in [0.15, 0.2) is 0 Å². The number of benzene rings is 4. The fourth-order valence-corrected chi connectivity index (χ4v) is 5.45. The highest BCUT2D eigenvalue weighted by Gasteiger charge is 2.29. The first-order chi connectivity index (χ1) is 15.5. The first-order valence-corrected chi connectivity index (χ1v) is 12.2. The van der Waals surface area contributed by atoms with E-state index in [-0.39, 0.29) is 0 Å². The van der Waals surface area contributed by atoms with Gasteiger partial charge in [-0.15, -0.1) is 0 Å². The molecule has 0 amide bonds. The van der Waals surface area contributed by atoms with E-state index >= 15 is 0 Å². The molecule has 1 unspecified atom stereocenters. The molecule has 1 aliphatic rings. The molecule has 0 fully saturated rings. The molecule has 0 bridgehead atoms. The minimum Gasteiger partial charge on any atom is -0.408 e. The maximum atomic E-state index is 6.53. The molecule has 4 aromatic rings. The second-order valence-corrected chi connectivity index (χ2v) is 9.39. The summed E-state index contributed by atoms with van der Waals surface area (Å²) in [5, 5.41) is 2.31. The largest absolute Gasteiger partial charge is 0.530 e. The first-order valence-electron chi connectivity index (χ1n) is 11.1. The van der Waals surface area contributed by atoms with Gasteiger partial charge in [0.05, 0.1) is 0 Å². The van der Waals surface area contributed by atoms with Gasteiger partial charge >= 0.3 is 8.60 Å². The van der Waals surface area contributed by atoms with Gasteiger partial charge in [0.2, 0.25) is 0 Å². The third kappa shape index (κ3) is 3.82. The summed E-state index contributed by atoms with van der Waals surface area (Å²) in [6, 6.07) is 23.0. The van der Waals surface area contributed by atoms with E-state index in [0.29, 0.717) is 0 Å². The third-order valence-corrected chi connectivity index (χ3v) is 7.26. The van der Waals surface area contributed by atoms with Crippen LogP contribution in [0.15, 0.2) is 66.7 Å². The summed E-state index contributed by atoms with van der Waals surface area (Å²) in [5.41, 5.74) is 7.15. The fraction of sp³-hybridized carbons (Fsp3) is 0.214. The second-order valence-electron chi connectivity index (χ2n) is 8.39. The average Bonchev–Trinajstić information content (AvgIpc) is 2.78. The highest BCUT2D eigenvalue weighted by atomic mass is 31.2. The summed E-state index contributed by atoms with van der Waals surface area (Å²) >= 11 is 0. The molecule has 0 radical (unpaired) electrons. The lowest BCUT2D eigenvalue weighted by molar-refractivity contribution is 0.378. The Bertz CT molecular complexity index is 1310. The van der Waals surface area contributed by atoms with E-state index in [2.05, 4.69) is 70.2 Å². The fourth-order valence-electron chi connectivity index (χ4n) is 4.27. The van der Waals surface area contributed by atoms with Crippen LogP contribution in [-0.2, 0) is 12.8 Å². The molecule has 162 valence electrons. The molecule has 5 rings (SSSR count). The van der Waals surface area contributed by atoms with Crippen molar-refractivity contribution in [1.82, 2.24) is 0 Å². The van der Waals surface area contributed by atoms with Crippen LogP contribution in [0.25, 0.3) is 10.8 Å². The molecular formula is C28H27O3P. The number of fused-ring (bicyclic) bond motifs is 3. The molecule has 0 saturated heterocycles. The summed E-state index contributed by atoms with van der Waals surface area (Å²) in [5.74, 6) is 2.53. The molecular weight excluding hydrogens is 415 g/mol. The van der Waals surface area contributed by atoms with Gasteiger partial charge in [0.25, 0.3) is 0 Å². The second kappa shape index (κ2) is 8.48. The lowest BCUT2D eigenvalue weighted by Gasteiger charge is -2.27. The van der Waals surface area contributed by atoms with E-state index in [1.54, 1.807) is 0 Å². The van der Waals surface area contributed by atoms with Crippen LogP contribution in [0, 0.1) is 20.8 Å². The smallest absolute Gasteiger partial charge is 0.408 e. The average molecular weight is 442 g/mol. The van der Waals surface area contributed by atoms with Crippen LogP contribution < -0.4 is 13.6 Å². The zero-order chi connectivity index (χ0) is 22.2. The van der Waals surface area contributed by atoms with E-state index in [0.717, 1.165) is 41.0 Å². The molecule has 4 aromatic carbocycles. The number of rotatable bonds is 3. The SMILES string of the molecule is CCc1ccc(C)c2c1OP(Oc1ccc3ccccc3c1)Oc1c(C)ccc(C)c1C2. The Hall–Kier alpha value is -3.03. The van der Waals surface area contributed by atoms with Gasteiger partial charge in [0.1, 0.15) is 17.2 Å². The maximum Gasteiger partial charge on any atom is 0.530 e. The molecule has 0 spiro atoms. The van der Waals surface area contributed by atoms with Crippen LogP contribution in [-0.4, -0.2) is 0 Å². The Morgan fingerprint density at radius 1 is 0.750 bits per heavy atom. The number of aryl methyl sites for hydroxylation is 4. The first kappa shape index (κ1) is 20.8. The highest BCUT2D eigenvalue weighted by molar-refractivity contribution is 7.43. The summed E-state index contributed by atoms with van der Waals surface area (Å²) in [6.45, 7) is 8.54. The van der Waals surface area contributed by atoms with Crippen LogP contribution in [0.4, 0.5) is 0 Å². The van der Waals surface area contributed by atoms with Gasteiger partial charge in [-0.2, -0.15) is 0 Å². The van der Waals surface area contributed by atoms with Crippen molar-refractivity contribution >= 4 is 19.4 Å². The summed E-state index contributed by atoms with van der Waals surface area (Å²) in [4.78, 5) is 0. The molecule has 0 aliphatic carbocycles. The van der Waals surface area contributed by atoms with E-state index in [4.69, 9.17) is 13.6 Å². The maximum absolute atomic E-state index is 6.53. The molecule has 0 saturated carbocycles. The summed E-state index contributed by atoms with van der Waals surface area (Å²) in [6.07, 6.45) is 1.68. The van der Waals surface area contributed by atoms with Gasteiger partial charge in [-0.05, 0) is 72.4 Å². The Labute approximate surface area is 191 Å². The Kier molecular flexibility index (Phi) is 5.53. The van der Waals surface area contributed by atoms with Crippen LogP contribution in [0.3, 0.4) is 0 Å². The number of hydrogen-bond donors (Lipinski definition) is 0. The van der Waals surface area contributed by atoms with Gasteiger partial charge < -0.3 is 13.6 Å². The standard InChI is InChI=1S/C28H27O3P/c1-5-21-13-12-19(3)26-17-25-18(2)10-11-20(4)27(25)30-32(31-28(21)26)29-24-15-14-22-8-6-7-9-23(22)16-24/h6-16H,5,17H2,1-4H3. The molecule has 1 atom stereocenters. The van der Waals surface area contributed by atoms with Gasteiger partial charge in [-0.1, -0.05) is 61.5 Å². The van der Waals surface area contributed by atoms with Gasteiger partial charge in [-0.25, -0.2) is 0 Å². The van der Waals surface area contributed by atoms with Crippen LogP contribution in [0.5, 0.6) is 17.2 Å². The van der Waals surface area contributed by atoms with Crippen molar-refractivity contribution in [2.24, 2.45) is 0 Å². The predicted octanol–water partition coefficient (Wildman–Crippen LogP) is 8.00. The molecule has 3 nitrogen and oxygen atoms in total. The predicted molar refractivity (Wildman–Crippen MR) is 132 cm³/mol. The minimum atomic E-state index is -1.68. The Morgan fingerprint density at radius 3 is 2.19 bits per heavy atom. The van der Waals surface area contributed by atoms with E-state index in [1.165, 1.54) is 33.2 Å². The topological polar surface area (TPSA) is 27.7 Å². The van der Waals surface area contributed by atoms with Gasteiger partial charge in [-0.3, -0.25) is 0 Å². The van der Waals surface area contributed by atoms with Crippen molar-refractivity contribution in [3.8, 4) is 17.2 Å². The number of hydrogen-bond acceptors (Lipinski definition) is 3. The zero-order valence-electron chi connectivity index (χ0n) is 18.9. The minimum absolute atomic E-state index is 0.745. The molecule has 1 heterocycles. The summed E-state index contributed by atoms with van der Waals surface area (Å²) in [7, 11) is -1.68. The molecule has 0 N–H and O–H groups in total. The lowest BCUT2D eigenvalue weighted by Crippen LogP contribution is -2.12. The van der Waals surface area contributed by atoms with Crippen molar-refractivity contribution in [3.63, 3.8) is 0 Å². The molecule has 0 aromatic heterocycles. The van der Waals surface area contributed by atoms with Crippen molar-refractivity contribution in [3.05, 3.63) is 100 Å². The molecule has 4 heteroatoms. The Morgan fingerprint density at radius 2 is 1.41 bits per heavy atom. The van der Waals surface area contributed by atoms with Crippen molar-refractivity contribution in [2.45, 2.75) is 40.5 Å². The van der Waals surface area contributed by atoms with Crippen molar-refractivity contribution in [2.75, 3.05) is 0 Å².